The van der Waals surface area contributed by atoms with E-state index >= 15 is 0 Å². The first-order chi connectivity index (χ1) is 14.6. The van der Waals surface area contributed by atoms with Crippen LogP contribution in [0.3, 0.4) is 0 Å². The summed E-state index contributed by atoms with van der Waals surface area (Å²) in [6, 6.07) is 24.3. The molecule has 2 N–H and O–H groups in total. The van der Waals surface area contributed by atoms with Crippen LogP contribution in [0, 0.1) is 0 Å². The summed E-state index contributed by atoms with van der Waals surface area (Å²) in [5, 5.41) is 17.6. The largest absolute Gasteiger partial charge is 0.392 e. The van der Waals surface area contributed by atoms with E-state index in [-0.39, 0.29) is 18.9 Å². The number of anilines is 1. The molecule has 0 saturated carbocycles. The summed E-state index contributed by atoms with van der Waals surface area (Å²) >= 11 is 6.03. The molecule has 0 aliphatic carbocycles. The predicted molar refractivity (Wildman–Crippen MR) is 119 cm³/mol. The SMILES string of the molecule is O=C(Cc1cn(-c2ccccc2)nc1-c1ccc(Cl)cc1)Nc1cccc(CO)c1. The van der Waals surface area contributed by atoms with Crippen LogP contribution < -0.4 is 5.32 Å². The van der Waals surface area contributed by atoms with Gasteiger partial charge in [0, 0.05) is 28.0 Å². The molecule has 1 amide bonds. The van der Waals surface area contributed by atoms with E-state index in [1.165, 1.54) is 0 Å². The second-order valence-electron chi connectivity index (χ2n) is 6.87. The summed E-state index contributed by atoms with van der Waals surface area (Å²) in [4.78, 5) is 12.7. The standard InChI is InChI=1S/C24H20ClN3O2/c25-20-11-9-18(10-12-20)24-19(15-28(27-24)22-7-2-1-3-8-22)14-23(30)26-21-6-4-5-17(13-21)16-29/h1-13,15,29H,14,16H2,(H,26,30). The first kappa shape index (κ1) is 19.9. The molecule has 0 radical (unpaired) electrons. The highest BCUT2D eigenvalue weighted by molar-refractivity contribution is 6.30. The zero-order valence-corrected chi connectivity index (χ0v) is 16.9. The van der Waals surface area contributed by atoms with Crippen molar-refractivity contribution < 1.29 is 9.90 Å². The van der Waals surface area contributed by atoms with Crippen molar-refractivity contribution in [3.05, 3.63) is 101 Å². The van der Waals surface area contributed by atoms with Crippen molar-refractivity contribution >= 4 is 23.2 Å². The fourth-order valence-corrected chi connectivity index (χ4v) is 3.35. The van der Waals surface area contributed by atoms with Gasteiger partial charge in [-0.25, -0.2) is 4.68 Å². The number of carbonyl (C=O) groups is 1. The summed E-state index contributed by atoms with van der Waals surface area (Å²) in [5.74, 6) is -0.159. The van der Waals surface area contributed by atoms with Gasteiger partial charge in [0.05, 0.1) is 24.4 Å². The topological polar surface area (TPSA) is 67.2 Å². The molecule has 0 saturated heterocycles. The summed E-state index contributed by atoms with van der Waals surface area (Å²) in [6.07, 6.45) is 2.04. The predicted octanol–water partition coefficient (Wildman–Crippen LogP) is 4.87. The molecule has 4 aromatic rings. The Bertz CT molecular complexity index is 1150. The third kappa shape index (κ3) is 4.59. The van der Waals surface area contributed by atoms with Crippen LogP contribution in [0.15, 0.2) is 85.1 Å². The lowest BCUT2D eigenvalue weighted by Crippen LogP contribution is -2.14. The minimum atomic E-state index is -0.159. The third-order valence-electron chi connectivity index (χ3n) is 4.67. The van der Waals surface area contributed by atoms with Crippen molar-refractivity contribution in [2.75, 3.05) is 5.32 Å². The quantitative estimate of drug-likeness (QED) is 0.470. The molecule has 150 valence electrons. The molecule has 3 aromatic carbocycles. The average Bonchev–Trinajstić information content (AvgIpc) is 3.18. The van der Waals surface area contributed by atoms with E-state index in [1.54, 1.807) is 28.9 Å². The number of carbonyl (C=O) groups excluding carboxylic acids is 1. The minimum Gasteiger partial charge on any atom is -0.392 e. The number of para-hydroxylation sites is 1. The van der Waals surface area contributed by atoms with E-state index in [0.29, 0.717) is 10.7 Å². The Hall–Kier alpha value is -3.41. The Kier molecular flexibility index (Phi) is 5.93. The molecule has 4 rings (SSSR count). The van der Waals surface area contributed by atoms with E-state index in [9.17, 15) is 9.90 Å². The van der Waals surface area contributed by atoms with Crippen LogP contribution in [0.4, 0.5) is 5.69 Å². The van der Waals surface area contributed by atoms with Gasteiger partial charge in [0.1, 0.15) is 0 Å². The van der Waals surface area contributed by atoms with Gasteiger partial charge in [0.2, 0.25) is 5.91 Å². The van der Waals surface area contributed by atoms with Gasteiger partial charge in [-0.2, -0.15) is 5.10 Å². The number of aromatic nitrogens is 2. The maximum Gasteiger partial charge on any atom is 0.228 e. The van der Waals surface area contributed by atoms with Crippen molar-refractivity contribution in [3.63, 3.8) is 0 Å². The second-order valence-corrected chi connectivity index (χ2v) is 7.31. The van der Waals surface area contributed by atoms with Crippen molar-refractivity contribution in [1.82, 2.24) is 9.78 Å². The molecule has 6 heteroatoms. The highest BCUT2D eigenvalue weighted by Crippen LogP contribution is 2.26. The summed E-state index contributed by atoms with van der Waals surface area (Å²) < 4.78 is 1.78. The Morgan fingerprint density at radius 1 is 1.00 bits per heavy atom. The van der Waals surface area contributed by atoms with Crippen molar-refractivity contribution in [2.24, 2.45) is 0 Å². The Balaban J connectivity index is 1.64. The maximum atomic E-state index is 12.7. The zero-order chi connectivity index (χ0) is 20.9. The minimum absolute atomic E-state index is 0.0751. The Morgan fingerprint density at radius 3 is 2.50 bits per heavy atom. The van der Waals surface area contributed by atoms with E-state index in [1.807, 2.05) is 60.8 Å². The van der Waals surface area contributed by atoms with Crippen LogP contribution in [0.1, 0.15) is 11.1 Å². The number of nitrogens with one attached hydrogen (secondary N) is 1. The monoisotopic (exact) mass is 417 g/mol. The van der Waals surface area contributed by atoms with Crippen LogP contribution in [-0.2, 0) is 17.8 Å². The molecule has 0 bridgehead atoms. The van der Waals surface area contributed by atoms with E-state index in [2.05, 4.69) is 5.32 Å². The summed E-state index contributed by atoms with van der Waals surface area (Å²) in [5.41, 5.74) is 4.72. The second kappa shape index (κ2) is 8.95. The summed E-state index contributed by atoms with van der Waals surface area (Å²) in [6.45, 7) is -0.0751. The first-order valence-corrected chi connectivity index (χ1v) is 9.90. The molecular weight excluding hydrogens is 398 g/mol. The van der Waals surface area contributed by atoms with E-state index < -0.39 is 0 Å². The highest BCUT2D eigenvalue weighted by atomic mass is 35.5. The van der Waals surface area contributed by atoms with Gasteiger partial charge in [-0.15, -0.1) is 0 Å². The van der Waals surface area contributed by atoms with Crippen LogP contribution in [0.25, 0.3) is 16.9 Å². The van der Waals surface area contributed by atoms with E-state index in [4.69, 9.17) is 16.7 Å². The molecule has 1 aromatic heterocycles. The van der Waals surface area contributed by atoms with Gasteiger partial charge in [0.15, 0.2) is 0 Å². The maximum absolute atomic E-state index is 12.7. The normalized spacial score (nSPS) is 10.7. The number of nitrogens with zero attached hydrogens (tertiary/aromatic N) is 2. The molecule has 0 spiro atoms. The van der Waals surface area contributed by atoms with Gasteiger partial charge in [-0.05, 0) is 42.0 Å². The molecule has 0 unspecified atom stereocenters. The fraction of sp³-hybridized carbons (Fsp3) is 0.0833. The van der Waals surface area contributed by atoms with Crippen LogP contribution in [-0.4, -0.2) is 20.8 Å². The van der Waals surface area contributed by atoms with Crippen molar-refractivity contribution in [3.8, 4) is 16.9 Å². The number of rotatable bonds is 6. The van der Waals surface area contributed by atoms with E-state index in [0.717, 1.165) is 28.1 Å². The molecule has 0 aliphatic heterocycles. The number of amides is 1. The number of hydrogen-bond acceptors (Lipinski definition) is 3. The molecule has 1 heterocycles. The fourth-order valence-electron chi connectivity index (χ4n) is 3.23. The van der Waals surface area contributed by atoms with Gasteiger partial charge < -0.3 is 10.4 Å². The molecule has 0 aliphatic rings. The molecular formula is C24H20ClN3O2. The first-order valence-electron chi connectivity index (χ1n) is 9.52. The average molecular weight is 418 g/mol. The smallest absolute Gasteiger partial charge is 0.228 e. The van der Waals surface area contributed by atoms with Crippen LogP contribution >= 0.6 is 11.6 Å². The van der Waals surface area contributed by atoms with Crippen molar-refractivity contribution in [2.45, 2.75) is 13.0 Å². The summed E-state index contributed by atoms with van der Waals surface area (Å²) in [7, 11) is 0. The highest BCUT2D eigenvalue weighted by Gasteiger charge is 2.16. The Labute approximate surface area is 179 Å². The molecule has 5 nitrogen and oxygen atoms in total. The number of benzene rings is 3. The molecule has 0 atom stereocenters. The Morgan fingerprint density at radius 2 is 1.77 bits per heavy atom. The van der Waals surface area contributed by atoms with Gasteiger partial charge in [-0.3, -0.25) is 4.79 Å². The van der Waals surface area contributed by atoms with Crippen LogP contribution in [0.2, 0.25) is 5.02 Å². The number of aliphatic hydroxyl groups excluding tert-OH is 1. The van der Waals surface area contributed by atoms with Gasteiger partial charge in [-0.1, -0.05) is 54.1 Å². The van der Waals surface area contributed by atoms with Gasteiger partial charge in [0.25, 0.3) is 0 Å². The third-order valence-corrected chi connectivity index (χ3v) is 4.92. The van der Waals surface area contributed by atoms with Crippen molar-refractivity contribution in [1.29, 1.82) is 0 Å². The lowest BCUT2D eigenvalue weighted by molar-refractivity contribution is -0.115. The lowest BCUT2D eigenvalue weighted by atomic mass is 10.1. The number of halogens is 1. The zero-order valence-electron chi connectivity index (χ0n) is 16.1. The van der Waals surface area contributed by atoms with Crippen LogP contribution in [0.5, 0.6) is 0 Å². The molecule has 30 heavy (non-hydrogen) atoms. The lowest BCUT2D eigenvalue weighted by Gasteiger charge is -2.07. The number of hydrogen-bond donors (Lipinski definition) is 2. The van der Waals surface area contributed by atoms with Gasteiger partial charge >= 0.3 is 0 Å². The molecule has 0 fully saturated rings. The number of aliphatic hydroxyl groups is 1.